The Labute approximate surface area is 49.8 Å². The van der Waals surface area contributed by atoms with Gasteiger partial charge in [-0.2, -0.15) is 0 Å². The van der Waals surface area contributed by atoms with E-state index in [0.29, 0.717) is 5.92 Å². The van der Waals surface area contributed by atoms with Crippen LogP contribution in [0.4, 0.5) is 0 Å². The van der Waals surface area contributed by atoms with Gasteiger partial charge in [0.2, 0.25) is 6.79 Å². The molecule has 0 aromatic rings. The van der Waals surface area contributed by atoms with Crippen molar-refractivity contribution in [3.8, 4) is 0 Å². The summed E-state index contributed by atoms with van der Waals surface area (Å²) in [6, 6.07) is 0. The Hall–Kier alpha value is -0.0800. The van der Waals surface area contributed by atoms with E-state index in [0.717, 1.165) is 19.6 Å². The van der Waals surface area contributed by atoms with Crippen molar-refractivity contribution in [2.75, 3.05) is 13.2 Å². The van der Waals surface area contributed by atoms with Gasteiger partial charge in [-0.25, -0.2) is 0 Å². The van der Waals surface area contributed by atoms with E-state index in [9.17, 15) is 0 Å². The van der Waals surface area contributed by atoms with Crippen LogP contribution in [0, 0.1) is 12.7 Å². The smallest absolute Gasteiger partial charge is 0.209 e. The van der Waals surface area contributed by atoms with E-state index in [1.54, 1.807) is 0 Å². The summed E-state index contributed by atoms with van der Waals surface area (Å²) < 4.78 is 9.85. The van der Waals surface area contributed by atoms with Gasteiger partial charge in [-0.1, -0.05) is 6.92 Å². The van der Waals surface area contributed by atoms with Crippen LogP contribution in [-0.4, -0.2) is 13.2 Å². The second-order valence-corrected chi connectivity index (χ2v) is 2.04. The molecule has 1 rings (SSSR count). The number of hydrogen-bond acceptors (Lipinski definition) is 2. The van der Waals surface area contributed by atoms with E-state index in [1.807, 2.05) is 0 Å². The lowest BCUT2D eigenvalue weighted by molar-refractivity contribution is -0.0634. The van der Waals surface area contributed by atoms with Crippen molar-refractivity contribution in [1.29, 1.82) is 0 Å². The molecule has 2 nitrogen and oxygen atoms in total. The van der Waals surface area contributed by atoms with Crippen LogP contribution in [0.25, 0.3) is 0 Å². The predicted molar refractivity (Wildman–Crippen MR) is 30.0 cm³/mol. The summed E-state index contributed by atoms with van der Waals surface area (Å²) in [6.45, 7) is 5.22. The van der Waals surface area contributed by atoms with Crippen LogP contribution in [0.2, 0.25) is 0 Å². The molecule has 1 fully saturated rings. The molecule has 0 atom stereocenters. The molecule has 0 aromatic heterocycles. The van der Waals surface area contributed by atoms with Gasteiger partial charge in [-0.3, -0.25) is 0 Å². The summed E-state index contributed by atoms with van der Waals surface area (Å²) in [5.41, 5.74) is 0. The van der Waals surface area contributed by atoms with Crippen molar-refractivity contribution in [1.82, 2.24) is 0 Å². The molecule has 0 saturated carbocycles. The Kier molecular flexibility index (Phi) is 2.30. The van der Waals surface area contributed by atoms with Gasteiger partial charge in [-0.15, -0.1) is 0 Å². The maximum Gasteiger partial charge on any atom is 0.209 e. The summed E-state index contributed by atoms with van der Waals surface area (Å²) >= 11 is 0. The standard InChI is InChI=1S/C6H11O2/c1-2-6-3-7-5-8-4-6/h5-6H,2-4H2,1H3. The quantitative estimate of drug-likeness (QED) is 0.511. The third kappa shape index (κ3) is 1.46. The normalized spacial score (nSPS) is 23.6. The minimum atomic E-state index is 0.611. The first kappa shape index (κ1) is 6.05. The van der Waals surface area contributed by atoms with E-state index >= 15 is 0 Å². The maximum atomic E-state index is 4.93. The lowest BCUT2D eigenvalue weighted by Gasteiger charge is -2.19. The zero-order valence-electron chi connectivity index (χ0n) is 5.09. The van der Waals surface area contributed by atoms with Crippen LogP contribution in [0.1, 0.15) is 13.3 Å². The van der Waals surface area contributed by atoms with Gasteiger partial charge in [0.05, 0.1) is 13.2 Å². The molecule has 0 amide bonds. The second kappa shape index (κ2) is 3.05. The van der Waals surface area contributed by atoms with Crippen LogP contribution < -0.4 is 0 Å². The molecular formula is C6H11O2. The second-order valence-electron chi connectivity index (χ2n) is 2.04. The minimum absolute atomic E-state index is 0.611. The van der Waals surface area contributed by atoms with E-state index in [4.69, 9.17) is 9.47 Å². The average Bonchev–Trinajstić information content (AvgIpc) is 1.90. The SMILES string of the molecule is CCC1CO[CH]OC1. The molecule has 0 N–H and O–H groups in total. The fourth-order valence-corrected chi connectivity index (χ4v) is 0.683. The molecule has 1 saturated heterocycles. The van der Waals surface area contributed by atoms with Gasteiger partial charge in [0.1, 0.15) is 0 Å². The third-order valence-electron chi connectivity index (χ3n) is 1.38. The lowest BCUT2D eigenvalue weighted by Crippen LogP contribution is -2.20. The summed E-state index contributed by atoms with van der Waals surface area (Å²) in [5.74, 6) is 0.611. The van der Waals surface area contributed by atoms with Crippen molar-refractivity contribution in [3.05, 3.63) is 6.79 Å². The van der Waals surface area contributed by atoms with Crippen LogP contribution in [0.3, 0.4) is 0 Å². The Morgan fingerprint density at radius 2 is 2.12 bits per heavy atom. The molecule has 8 heavy (non-hydrogen) atoms. The van der Waals surface area contributed by atoms with Crippen molar-refractivity contribution in [2.24, 2.45) is 5.92 Å². The zero-order chi connectivity index (χ0) is 5.82. The molecule has 0 unspecified atom stereocenters. The van der Waals surface area contributed by atoms with Gasteiger partial charge in [0.15, 0.2) is 0 Å². The van der Waals surface area contributed by atoms with Crippen molar-refractivity contribution < 1.29 is 9.47 Å². The molecule has 0 bridgehead atoms. The molecule has 2 heteroatoms. The van der Waals surface area contributed by atoms with Gasteiger partial charge in [0.25, 0.3) is 0 Å². The molecule has 0 spiro atoms. The topological polar surface area (TPSA) is 18.5 Å². The van der Waals surface area contributed by atoms with Crippen LogP contribution >= 0.6 is 0 Å². The third-order valence-corrected chi connectivity index (χ3v) is 1.38. The molecule has 0 aliphatic carbocycles. The lowest BCUT2D eigenvalue weighted by atomic mass is 10.1. The highest BCUT2D eigenvalue weighted by atomic mass is 16.7. The van der Waals surface area contributed by atoms with E-state index in [-0.39, 0.29) is 0 Å². The van der Waals surface area contributed by atoms with Gasteiger partial charge < -0.3 is 9.47 Å². The van der Waals surface area contributed by atoms with Crippen molar-refractivity contribution >= 4 is 0 Å². The minimum Gasteiger partial charge on any atom is -0.348 e. The monoisotopic (exact) mass is 115 g/mol. The zero-order valence-corrected chi connectivity index (χ0v) is 5.09. The number of ether oxygens (including phenoxy) is 2. The number of hydrogen-bond donors (Lipinski definition) is 0. The highest BCUT2D eigenvalue weighted by Crippen LogP contribution is 2.10. The first-order valence-corrected chi connectivity index (χ1v) is 2.98. The largest absolute Gasteiger partial charge is 0.348 e. The van der Waals surface area contributed by atoms with Crippen molar-refractivity contribution in [3.63, 3.8) is 0 Å². The van der Waals surface area contributed by atoms with Crippen LogP contribution in [-0.2, 0) is 9.47 Å². The Morgan fingerprint density at radius 1 is 1.50 bits per heavy atom. The molecule has 1 heterocycles. The molecule has 47 valence electrons. The summed E-state index contributed by atoms with van der Waals surface area (Å²) in [6.07, 6.45) is 1.15. The summed E-state index contributed by atoms with van der Waals surface area (Å²) in [5, 5.41) is 0. The Bertz CT molecular complexity index is 57.5. The maximum absolute atomic E-state index is 4.93. The fraction of sp³-hybridized carbons (Fsp3) is 0.833. The molecular weight excluding hydrogens is 104 g/mol. The predicted octanol–water partition coefficient (Wildman–Crippen LogP) is 1.18. The van der Waals surface area contributed by atoms with E-state index in [1.165, 1.54) is 6.79 Å². The highest BCUT2D eigenvalue weighted by Gasteiger charge is 2.11. The average molecular weight is 115 g/mol. The number of rotatable bonds is 1. The summed E-state index contributed by atoms with van der Waals surface area (Å²) in [4.78, 5) is 0. The molecule has 1 aliphatic heterocycles. The van der Waals surface area contributed by atoms with Gasteiger partial charge in [-0.05, 0) is 6.42 Å². The highest BCUT2D eigenvalue weighted by molar-refractivity contribution is 4.58. The Balaban J connectivity index is 2.13. The molecule has 1 radical (unpaired) electrons. The molecule has 0 aromatic carbocycles. The van der Waals surface area contributed by atoms with E-state index < -0.39 is 0 Å². The van der Waals surface area contributed by atoms with Gasteiger partial charge >= 0.3 is 0 Å². The van der Waals surface area contributed by atoms with Crippen LogP contribution in [0.5, 0.6) is 0 Å². The van der Waals surface area contributed by atoms with E-state index in [2.05, 4.69) is 6.92 Å². The first-order chi connectivity index (χ1) is 3.93. The first-order valence-electron chi connectivity index (χ1n) is 2.98. The van der Waals surface area contributed by atoms with Gasteiger partial charge in [0, 0.05) is 5.92 Å². The fourth-order valence-electron chi connectivity index (χ4n) is 0.683. The van der Waals surface area contributed by atoms with Crippen molar-refractivity contribution in [2.45, 2.75) is 13.3 Å². The Morgan fingerprint density at radius 3 is 2.50 bits per heavy atom. The van der Waals surface area contributed by atoms with Crippen LogP contribution in [0.15, 0.2) is 0 Å². The molecule has 1 aliphatic rings. The summed E-state index contributed by atoms with van der Waals surface area (Å²) in [7, 11) is 0.